The molecule has 0 fully saturated rings. The Morgan fingerprint density at radius 2 is 1.89 bits per heavy atom. The summed E-state index contributed by atoms with van der Waals surface area (Å²) in [6.45, 7) is 0.443. The third-order valence-corrected chi connectivity index (χ3v) is 2.22. The van der Waals surface area contributed by atoms with Gasteiger partial charge in [-0.05, 0) is 11.6 Å². The van der Waals surface area contributed by atoms with Crippen molar-refractivity contribution in [1.82, 2.24) is 10.6 Å². The fraction of sp³-hybridized carbons (Fsp3) is 0.364. The lowest BCUT2D eigenvalue weighted by Crippen LogP contribution is -2.30. The molecule has 1 amide bonds. The molecule has 1 aromatic rings. The summed E-state index contributed by atoms with van der Waals surface area (Å²) in [5.41, 5.74) is -0.538. The zero-order chi connectivity index (χ0) is 13.6. The molecule has 0 aliphatic heterocycles. The van der Waals surface area contributed by atoms with Crippen LogP contribution in [0.3, 0.4) is 0 Å². The molecule has 7 heteroatoms. The first-order valence-electron chi connectivity index (χ1n) is 5.24. The van der Waals surface area contributed by atoms with Crippen molar-refractivity contribution in [1.29, 1.82) is 0 Å². The zero-order valence-corrected chi connectivity index (χ0v) is 9.42. The first-order valence-corrected chi connectivity index (χ1v) is 5.24. The Balaban J connectivity index is 2.50. The number of hydrogen-bond acceptors (Lipinski definition) is 2. The van der Waals surface area contributed by atoms with E-state index in [-0.39, 0.29) is 25.2 Å². The first kappa shape index (κ1) is 14.3. The largest absolute Gasteiger partial charge is 0.465 e. The highest BCUT2D eigenvalue weighted by molar-refractivity contribution is 5.64. The van der Waals surface area contributed by atoms with Crippen molar-refractivity contribution in [2.24, 2.45) is 0 Å². The number of carboxylic acid groups (broad SMARTS) is 1. The highest BCUT2D eigenvalue weighted by atomic mass is 19.4. The van der Waals surface area contributed by atoms with Crippen LogP contribution in [-0.4, -0.2) is 24.3 Å². The Hall–Kier alpha value is -1.76. The fourth-order valence-corrected chi connectivity index (χ4v) is 1.43. The molecule has 0 aromatic heterocycles. The van der Waals surface area contributed by atoms with Crippen LogP contribution >= 0.6 is 0 Å². The number of alkyl halides is 3. The molecule has 0 aliphatic carbocycles. The maximum atomic E-state index is 12.6. The first-order chi connectivity index (χ1) is 8.41. The summed E-state index contributed by atoms with van der Waals surface area (Å²) in [7, 11) is 0. The molecular weight excluding hydrogens is 249 g/mol. The monoisotopic (exact) mass is 262 g/mol. The van der Waals surface area contributed by atoms with Gasteiger partial charge in [0.05, 0.1) is 5.56 Å². The van der Waals surface area contributed by atoms with Gasteiger partial charge in [-0.2, -0.15) is 13.2 Å². The number of benzene rings is 1. The van der Waals surface area contributed by atoms with Gasteiger partial charge < -0.3 is 15.7 Å². The Labute approximate surface area is 102 Å². The van der Waals surface area contributed by atoms with Crippen LogP contribution < -0.4 is 10.6 Å². The number of rotatable bonds is 5. The Morgan fingerprint density at radius 1 is 1.22 bits per heavy atom. The van der Waals surface area contributed by atoms with Gasteiger partial charge in [0.1, 0.15) is 0 Å². The van der Waals surface area contributed by atoms with Crippen molar-refractivity contribution in [2.75, 3.05) is 13.1 Å². The second-order valence-corrected chi connectivity index (χ2v) is 3.56. The van der Waals surface area contributed by atoms with E-state index < -0.39 is 17.8 Å². The third kappa shape index (κ3) is 4.62. The SMILES string of the molecule is O=C(O)NCCNCc1ccccc1C(F)(F)F. The number of carbonyl (C=O) groups is 1. The average Bonchev–Trinajstić information content (AvgIpc) is 2.27. The third-order valence-electron chi connectivity index (χ3n) is 2.22. The quantitative estimate of drug-likeness (QED) is 0.712. The Bertz CT molecular complexity index is 408. The van der Waals surface area contributed by atoms with Crippen molar-refractivity contribution in [3.05, 3.63) is 35.4 Å². The molecule has 1 aromatic carbocycles. The topological polar surface area (TPSA) is 61.4 Å². The summed E-state index contributed by atoms with van der Waals surface area (Å²) >= 11 is 0. The lowest BCUT2D eigenvalue weighted by molar-refractivity contribution is -0.138. The summed E-state index contributed by atoms with van der Waals surface area (Å²) < 4.78 is 37.8. The molecule has 100 valence electrons. The molecule has 18 heavy (non-hydrogen) atoms. The minimum absolute atomic E-state index is 0.0387. The van der Waals surface area contributed by atoms with E-state index in [9.17, 15) is 18.0 Å². The number of hydrogen-bond donors (Lipinski definition) is 3. The van der Waals surface area contributed by atoms with E-state index in [0.717, 1.165) is 6.07 Å². The Kier molecular flexibility index (Phi) is 4.96. The Morgan fingerprint density at radius 3 is 2.50 bits per heavy atom. The molecule has 0 aliphatic rings. The number of nitrogens with one attached hydrogen (secondary N) is 2. The normalized spacial score (nSPS) is 11.3. The second kappa shape index (κ2) is 6.25. The van der Waals surface area contributed by atoms with E-state index >= 15 is 0 Å². The van der Waals surface area contributed by atoms with E-state index in [1.54, 1.807) is 0 Å². The van der Waals surface area contributed by atoms with Gasteiger partial charge in [0, 0.05) is 19.6 Å². The van der Waals surface area contributed by atoms with Crippen molar-refractivity contribution < 1.29 is 23.1 Å². The summed E-state index contributed by atoms with van der Waals surface area (Å²) in [5, 5.41) is 13.1. The van der Waals surface area contributed by atoms with Gasteiger partial charge >= 0.3 is 12.3 Å². The minimum atomic E-state index is -4.38. The van der Waals surface area contributed by atoms with Crippen LogP contribution in [0.4, 0.5) is 18.0 Å². The molecule has 0 saturated heterocycles. The van der Waals surface area contributed by atoms with Gasteiger partial charge in [0.15, 0.2) is 0 Å². The molecular formula is C11H13F3N2O2. The maximum absolute atomic E-state index is 12.6. The van der Waals surface area contributed by atoms with Crippen LogP contribution in [0.1, 0.15) is 11.1 Å². The molecule has 0 spiro atoms. The predicted octanol–water partition coefficient (Wildman–Crippen LogP) is 2.06. The van der Waals surface area contributed by atoms with E-state index in [2.05, 4.69) is 10.6 Å². The van der Waals surface area contributed by atoms with E-state index in [1.165, 1.54) is 18.2 Å². The number of halogens is 3. The minimum Gasteiger partial charge on any atom is -0.465 e. The second-order valence-electron chi connectivity index (χ2n) is 3.56. The molecule has 0 atom stereocenters. The van der Waals surface area contributed by atoms with Crippen molar-refractivity contribution >= 4 is 6.09 Å². The highest BCUT2D eigenvalue weighted by Gasteiger charge is 2.32. The van der Waals surface area contributed by atoms with Gasteiger partial charge in [-0.25, -0.2) is 4.79 Å². The van der Waals surface area contributed by atoms with Crippen molar-refractivity contribution in [2.45, 2.75) is 12.7 Å². The molecule has 0 radical (unpaired) electrons. The van der Waals surface area contributed by atoms with Crippen LogP contribution in [-0.2, 0) is 12.7 Å². The van der Waals surface area contributed by atoms with Crippen LogP contribution in [0.25, 0.3) is 0 Å². The van der Waals surface area contributed by atoms with Gasteiger partial charge in [-0.15, -0.1) is 0 Å². The van der Waals surface area contributed by atoms with Gasteiger partial charge in [0.2, 0.25) is 0 Å². The van der Waals surface area contributed by atoms with Crippen LogP contribution in [0.15, 0.2) is 24.3 Å². The van der Waals surface area contributed by atoms with Crippen LogP contribution in [0, 0.1) is 0 Å². The smallest absolute Gasteiger partial charge is 0.416 e. The molecule has 4 nitrogen and oxygen atoms in total. The standard InChI is InChI=1S/C11H13F3N2O2/c12-11(13,14)9-4-2-1-3-8(9)7-15-5-6-16-10(17)18/h1-4,15-16H,5-7H2,(H,17,18). The maximum Gasteiger partial charge on any atom is 0.416 e. The summed E-state index contributed by atoms with van der Waals surface area (Å²) in [6, 6.07) is 5.27. The molecule has 1 rings (SSSR count). The van der Waals surface area contributed by atoms with Gasteiger partial charge in [-0.1, -0.05) is 18.2 Å². The van der Waals surface area contributed by atoms with E-state index in [1.807, 2.05) is 0 Å². The molecule has 0 bridgehead atoms. The van der Waals surface area contributed by atoms with Gasteiger partial charge in [0.25, 0.3) is 0 Å². The van der Waals surface area contributed by atoms with Gasteiger partial charge in [-0.3, -0.25) is 0 Å². The molecule has 3 N–H and O–H groups in total. The summed E-state index contributed by atoms with van der Waals surface area (Å²) in [4.78, 5) is 10.1. The average molecular weight is 262 g/mol. The predicted molar refractivity (Wildman–Crippen MR) is 59.2 cm³/mol. The lowest BCUT2D eigenvalue weighted by Gasteiger charge is -2.13. The van der Waals surface area contributed by atoms with Crippen molar-refractivity contribution in [3.63, 3.8) is 0 Å². The number of amides is 1. The molecule has 0 heterocycles. The fourth-order valence-electron chi connectivity index (χ4n) is 1.43. The van der Waals surface area contributed by atoms with Crippen LogP contribution in [0.5, 0.6) is 0 Å². The van der Waals surface area contributed by atoms with Crippen LogP contribution in [0.2, 0.25) is 0 Å². The highest BCUT2D eigenvalue weighted by Crippen LogP contribution is 2.31. The van der Waals surface area contributed by atoms with E-state index in [0.29, 0.717) is 0 Å². The summed E-state index contributed by atoms with van der Waals surface area (Å²) in [6.07, 6.45) is -5.54. The zero-order valence-electron chi connectivity index (χ0n) is 9.42. The summed E-state index contributed by atoms with van der Waals surface area (Å²) in [5.74, 6) is 0. The van der Waals surface area contributed by atoms with Crippen molar-refractivity contribution in [3.8, 4) is 0 Å². The molecule has 0 unspecified atom stereocenters. The van der Waals surface area contributed by atoms with E-state index in [4.69, 9.17) is 5.11 Å². The lowest BCUT2D eigenvalue weighted by atomic mass is 10.1. The molecule has 0 saturated carbocycles.